The van der Waals surface area contributed by atoms with Gasteiger partial charge >= 0.3 is 0 Å². The van der Waals surface area contributed by atoms with Crippen LogP contribution in [0.1, 0.15) is 11.4 Å². The average Bonchev–Trinajstić information content (AvgIpc) is 2.94. The van der Waals surface area contributed by atoms with Crippen molar-refractivity contribution in [3.05, 3.63) is 41.7 Å². The normalized spacial score (nSPS) is 11.7. The van der Waals surface area contributed by atoms with E-state index in [9.17, 15) is 8.42 Å². The van der Waals surface area contributed by atoms with E-state index in [1.54, 1.807) is 41.9 Å². The largest absolute Gasteiger partial charge is 0.375 e. The monoisotopic (exact) mass is 359 g/mol. The molecule has 0 atom stereocenters. The van der Waals surface area contributed by atoms with Crippen molar-refractivity contribution in [2.24, 2.45) is 0 Å². The molecular weight excluding hydrogens is 338 g/mol. The van der Waals surface area contributed by atoms with Crippen LogP contribution >= 0.6 is 0 Å². The summed E-state index contributed by atoms with van der Waals surface area (Å²) in [6, 6.07) is 8.33. The number of fused-ring (bicyclic) bond motifs is 1. The lowest BCUT2D eigenvalue weighted by Gasteiger charge is -2.18. The third-order valence-electron chi connectivity index (χ3n) is 4.10. The second-order valence-corrected chi connectivity index (χ2v) is 7.89. The second-order valence-electron chi connectivity index (χ2n) is 6.01. The summed E-state index contributed by atoms with van der Waals surface area (Å²) in [5, 5.41) is 7.34. The second kappa shape index (κ2) is 6.03. The maximum atomic E-state index is 13.2. The predicted molar refractivity (Wildman–Crippen MR) is 98.2 cm³/mol. The first-order valence-electron chi connectivity index (χ1n) is 7.84. The number of benzene rings is 1. The van der Waals surface area contributed by atoms with Crippen molar-refractivity contribution in [2.45, 2.75) is 23.6 Å². The lowest BCUT2D eigenvalue weighted by molar-refractivity contribution is 0.597. The molecular formula is C17H21N5O2S. The van der Waals surface area contributed by atoms with Gasteiger partial charge in [0.15, 0.2) is 16.4 Å². The third-order valence-corrected chi connectivity index (χ3v) is 5.91. The molecule has 2 aromatic heterocycles. The highest BCUT2D eigenvalue weighted by Crippen LogP contribution is 2.33. The number of aromatic nitrogens is 3. The molecule has 0 fully saturated rings. The molecule has 7 nitrogen and oxygen atoms in total. The van der Waals surface area contributed by atoms with Crippen molar-refractivity contribution < 1.29 is 8.42 Å². The Morgan fingerprint density at radius 3 is 2.32 bits per heavy atom. The first-order valence-corrected chi connectivity index (χ1v) is 9.32. The molecule has 0 saturated heterocycles. The molecule has 0 aliphatic rings. The topological polar surface area (TPSA) is 79.6 Å². The van der Waals surface area contributed by atoms with Gasteiger partial charge < -0.3 is 10.2 Å². The molecule has 0 unspecified atom stereocenters. The van der Waals surface area contributed by atoms with Crippen LogP contribution in [0.15, 0.2) is 40.1 Å². The van der Waals surface area contributed by atoms with Crippen LogP contribution in [0.5, 0.6) is 0 Å². The molecule has 132 valence electrons. The van der Waals surface area contributed by atoms with E-state index in [0.29, 0.717) is 5.65 Å². The van der Waals surface area contributed by atoms with Gasteiger partial charge in [-0.05, 0) is 26.0 Å². The van der Waals surface area contributed by atoms with Gasteiger partial charge in [0, 0.05) is 21.1 Å². The zero-order valence-corrected chi connectivity index (χ0v) is 15.7. The molecule has 0 aliphatic carbocycles. The predicted octanol–water partition coefficient (Wildman–Crippen LogP) is 2.29. The number of anilines is 2. The summed E-state index contributed by atoms with van der Waals surface area (Å²) >= 11 is 0. The van der Waals surface area contributed by atoms with Gasteiger partial charge in [-0.2, -0.15) is 0 Å². The molecule has 0 saturated carbocycles. The summed E-state index contributed by atoms with van der Waals surface area (Å²) < 4.78 is 28.0. The van der Waals surface area contributed by atoms with E-state index in [-0.39, 0.29) is 15.6 Å². The molecule has 0 amide bonds. The van der Waals surface area contributed by atoms with Crippen LogP contribution in [0.3, 0.4) is 0 Å². The summed E-state index contributed by atoms with van der Waals surface area (Å²) in [7, 11) is 1.75. The van der Waals surface area contributed by atoms with Crippen LogP contribution in [0.4, 0.5) is 11.5 Å². The zero-order chi connectivity index (χ0) is 18.4. The smallest absolute Gasteiger partial charge is 0.214 e. The number of hydrogen-bond donors (Lipinski definition) is 1. The van der Waals surface area contributed by atoms with Crippen LogP contribution in [0.25, 0.3) is 5.65 Å². The highest BCUT2D eigenvalue weighted by molar-refractivity contribution is 7.91. The number of sulfone groups is 1. The van der Waals surface area contributed by atoms with E-state index in [0.717, 1.165) is 17.1 Å². The first-order chi connectivity index (χ1) is 11.8. The molecule has 0 radical (unpaired) electrons. The van der Waals surface area contributed by atoms with Gasteiger partial charge in [-0.15, -0.1) is 5.10 Å². The fourth-order valence-corrected chi connectivity index (χ4v) is 4.60. The SMILES string of the molecule is CNc1nn2c(C)c(N(C)C)c(C)nc2c1S(=O)(=O)c1ccccc1. The molecule has 3 rings (SSSR count). The van der Waals surface area contributed by atoms with Crippen LogP contribution in [0, 0.1) is 13.8 Å². The van der Waals surface area contributed by atoms with Gasteiger partial charge in [0.05, 0.1) is 22.0 Å². The van der Waals surface area contributed by atoms with Crippen LogP contribution in [-0.2, 0) is 9.84 Å². The van der Waals surface area contributed by atoms with Crippen molar-refractivity contribution in [2.75, 3.05) is 31.4 Å². The van der Waals surface area contributed by atoms with E-state index in [2.05, 4.69) is 15.4 Å². The van der Waals surface area contributed by atoms with Gasteiger partial charge in [-0.3, -0.25) is 0 Å². The molecule has 25 heavy (non-hydrogen) atoms. The maximum absolute atomic E-state index is 13.2. The number of nitrogens with one attached hydrogen (secondary N) is 1. The number of rotatable bonds is 4. The van der Waals surface area contributed by atoms with Gasteiger partial charge in [0.2, 0.25) is 9.84 Å². The summed E-state index contributed by atoms with van der Waals surface area (Å²) in [5.41, 5.74) is 2.83. The fraction of sp³-hybridized carbons (Fsp3) is 0.294. The zero-order valence-electron chi connectivity index (χ0n) is 14.9. The Kier molecular flexibility index (Phi) is 4.16. The highest BCUT2D eigenvalue weighted by atomic mass is 32.2. The highest BCUT2D eigenvalue weighted by Gasteiger charge is 2.29. The van der Waals surface area contributed by atoms with Crippen molar-refractivity contribution >= 4 is 27.0 Å². The van der Waals surface area contributed by atoms with E-state index >= 15 is 0 Å². The molecule has 1 aromatic carbocycles. The fourth-order valence-electron chi connectivity index (χ4n) is 3.08. The Morgan fingerprint density at radius 2 is 1.76 bits per heavy atom. The molecule has 0 bridgehead atoms. The molecule has 2 heterocycles. The minimum Gasteiger partial charge on any atom is -0.375 e. The Balaban J connectivity index is 2.40. The van der Waals surface area contributed by atoms with Crippen LogP contribution < -0.4 is 10.2 Å². The van der Waals surface area contributed by atoms with Gasteiger partial charge in [0.1, 0.15) is 0 Å². The average molecular weight is 359 g/mol. The quantitative estimate of drug-likeness (QED) is 0.770. The lowest BCUT2D eigenvalue weighted by Crippen LogP contribution is -2.16. The molecule has 0 aliphatic heterocycles. The van der Waals surface area contributed by atoms with Crippen molar-refractivity contribution in [3.63, 3.8) is 0 Å². The standard InChI is InChI=1S/C17H21N5O2S/c1-11-14(21(4)5)12(2)22-17(19-11)15(16(18-3)20-22)25(23,24)13-9-7-6-8-10-13/h6-10H,1-5H3,(H,18,20). The Hall–Kier alpha value is -2.61. The van der Waals surface area contributed by atoms with E-state index < -0.39 is 9.84 Å². The summed E-state index contributed by atoms with van der Waals surface area (Å²) in [6.45, 7) is 3.77. The summed E-state index contributed by atoms with van der Waals surface area (Å²) in [5.74, 6) is 0.287. The number of hydrogen-bond acceptors (Lipinski definition) is 6. The van der Waals surface area contributed by atoms with Gasteiger partial charge in [-0.25, -0.2) is 17.9 Å². The third kappa shape index (κ3) is 2.62. The Morgan fingerprint density at radius 1 is 1.12 bits per heavy atom. The van der Waals surface area contributed by atoms with E-state index in [1.807, 2.05) is 32.8 Å². The lowest BCUT2D eigenvalue weighted by atomic mass is 10.2. The Labute approximate surface area is 147 Å². The number of nitrogens with zero attached hydrogens (tertiary/aromatic N) is 4. The van der Waals surface area contributed by atoms with Crippen LogP contribution in [0.2, 0.25) is 0 Å². The molecule has 3 aromatic rings. The molecule has 1 N–H and O–H groups in total. The van der Waals surface area contributed by atoms with E-state index in [4.69, 9.17) is 0 Å². The summed E-state index contributed by atoms with van der Waals surface area (Å²) in [6.07, 6.45) is 0. The first kappa shape index (κ1) is 17.2. The van der Waals surface area contributed by atoms with E-state index in [1.165, 1.54) is 0 Å². The molecule has 0 spiro atoms. The minimum atomic E-state index is -3.75. The van der Waals surface area contributed by atoms with Crippen molar-refractivity contribution in [3.8, 4) is 0 Å². The van der Waals surface area contributed by atoms with Crippen molar-refractivity contribution in [1.82, 2.24) is 14.6 Å². The molecule has 8 heteroatoms. The van der Waals surface area contributed by atoms with Crippen molar-refractivity contribution in [1.29, 1.82) is 0 Å². The maximum Gasteiger partial charge on any atom is 0.214 e. The number of aryl methyl sites for hydroxylation is 2. The minimum absolute atomic E-state index is 0.0951. The van der Waals surface area contributed by atoms with Gasteiger partial charge in [0.25, 0.3) is 0 Å². The Bertz CT molecular complexity index is 1040. The van der Waals surface area contributed by atoms with Crippen LogP contribution in [-0.4, -0.2) is 44.2 Å². The van der Waals surface area contributed by atoms with Gasteiger partial charge in [-0.1, -0.05) is 18.2 Å². The summed E-state index contributed by atoms with van der Waals surface area (Å²) in [4.78, 5) is 6.82.